The maximum absolute atomic E-state index is 8.69. The van der Waals surface area contributed by atoms with Gasteiger partial charge >= 0.3 is 28.7 Å². The van der Waals surface area contributed by atoms with Gasteiger partial charge in [0.15, 0.2) is 0 Å². The van der Waals surface area contributed by atoms with Crippen molar-refractivity contribution in [1.29, 1.82) is 0 Å². The van der Waals surface area contributed by atoms with E-state index in [2.05, 4.69) is 0 Å². The van der Waals surface area contributed by atoms with Crippen molar-refractivity contribution in [2.45, 2.75) is 0 Å². The molecule has 0 aromatic heterocycles. The molecule has 0 heterocycles. The van der Waals surface area contributed by atoms with E-state index in [9.17, 15) is 0 Å². The van der Waals surface area contributed by atoms with Crippen molar-refractivity contribution in [3.63, 3.8) is 0 Å². The van der Waals surface area contributed by atoms with Gasteiger partial charge in [0.25, 0.3) is 0 Å². The standard InChI is InChI=1S/Mn.H2O.3O.Y/h;1H2;;;;/q+1;;;;;/p-1. The predicted octanol–water partition coefficient (Wildman–Crippen LogP) is -0.918. The Morgan fingerprint density at radius 1 is 1.17 bits per heavy atom. The summed E-state index contributed by atoms with van der Waals surface area (Å²) in [6.45, 7) is 0. The zero-order valence-electron chi connectivity index (χ0n) is 2.63. The normalized spacial score (nSPS) is 9.50. The SMILES string of the molecule is [O]=[Mn](=[O])(=[O])[OH].[Y]. The van der Waals surface area contributed by atoms with Gasteiger partial charge in [0.1, 0.15) is 0 Å². The molecule has 0 atom stereocenters. The van der Waals surface area contributed by atoms with Gasteiger partial charge in [-0.2, -0.15) is 0 Å². The first-order chi connectivity index (χ1) is 2.00. The van der Waals surface area contributed by atoms with Crippen molar-refractivity contribution in [2.24, 2.45) is 0 Å². The average molecular weight is 209 g/mol. The molecule has 0 aliphatic heterocycles. The Hall–Kier alpha value is 0.983. The van der Waals surface area contributed by atoms with E-state index in [0.717, 1.165) is 0 Å². The van der Waals surface area contributed by atoms with Crippen molar-refractivity contribution in [3.05, 3.63) is 0 Å². The van der Waals surface area contributed by atoms with E-state index >= 15 is 0 Å². The van der Waals surface area contributed by atoms with Crippen molar-refractivity contribution in [2.75, 3.05) is 0 Å². The van der Waals surface area contributed by atoms with Gasteiger partial charge in [0.05, 0.1) is 0 Å². The van der Waals surface area contributed by atoms with Gasteiger partial charge in [-0.1, -0.05) is 0 Å². The van der Waals surface area contributed by atoms with Crippen LogP contribution in [0, 0.1) is 0 Å². The van der Waals surface area contributed by atoms with E-state index in [1.54, 1.807) is 0 Å². The first-order valence-corrected chi connectivity index (χ1v) is 2.61. The van der Waals surface area contributed by atoms with Crippen molar-refractivity contribution >= 4 is 0 Å². The fourth-order valence-corrected chi connectivity index (χ4v) is 0. The monoisotopic (exact) mass is 209 g/mol. The summed E-state index contributed by atoms with van der Waals surface area (Å²) >= 11 is -5.38. The molecule has 1 radical (unpaired) electrons. The number of rotatable bonds is 0. The fraction of sp³-hybridized carbons (Fsp3) is 0. The minimum atomic E-state index is -5.38. The van der Waals surface area contributed by atoms with Crippen molar-refractivity contribution in [1.82, 2.24) is 0 Å². The molecule has 6 heteroatoms. The van der Waals surface area contributed by atoms with Crippen molar-refractivity contribution in [3.8, 4) is 0 Å². The van der Waals surface area contributed by atoms with E-state index in [4.69, 9.17) is 15.7 Å². The van der Waals surface area contributed by atoms with Crippen molar-refractivity contribution < 1.29 is 61.4 Å². The average Bonchev–Trinajstić information content (AvgIpc) is 0.722. The molecule has 0 aliphatic rings. The maximum Gasteiger partial charge on any atom is 0 e. The van der Waals surface area contributed by atoms with Crippen LogP contribution >= 0.6 is 0 Å². The molecule has 0 unspecified atom stereocenters. The third-order valence-electron chi connectivity index (χ3n) is 0. The van der Waals surface area contributed by atoms with Crippen LogP contribution in [0.2, 0.25) is 0 Å². The van der Waals surface area contributed by atoms with Gasteiger partial charge in [0, 0.05) is 32.7 Å². The second kappa shape index (κ2) is 3.05. The zero-order valence-corrected chi connectivity index (χ0v) is 6.65. The predicted molar refractivity (Wildman–Crippen MR) is 4.28 cm³/mol. The van der Waals surface area contributed by atoms with Crippen LogP contribution < -0.4 is 0 Å². The second-order valence-electron chi connectivity index (χ2n) is 0.396. The molecule has 0 fully saturated rings. The van der Waals surface area contributed by atoms with Gasteiger partial charge in [0.2, 0.25) is 0 Å². The number of hydrogen-bond donors (Lipinski definition) is 1. The molecule has 0 aromatic carbocycles. The van der Waals surface area contributed by atoms with Crippen LogP contribution in [0.3, 0.4) is 0 Å². The molecule has 0 aromatic rings. The summed E-state index contributed by atoms with van der Waals surface area (Å²) in [6, 6.07) is 0. The Morgan fingerprint density at radius 3 is 1.17 bits per heavy atom. The summed E-state index contributed by atoms with van der Waals surface area (Å²) in [6.07, 6.45) is 0. The Kier molecular flexibility index (Phi) is 5.11. The summed E-state index contributed by atoms with van der Waals surface area (Å²) < 4.78 is 33.1. The third kappa shape index (κ3) is 81.8. The molecule has 0 aliphatic carbocycles. The van der Waals surface area contributed by atoms with E-state index in [1.807, 2.05) is 0 Å². The Balaban J connectivity index is 0. The molecule has 35 valence electrons. The van der Waals surface area contributed by atoms with Crippen LogP contribution in [0.5, 0.6) is 0 Å². The topological polar surface area (TPSA) is 71.4 Å². The molecule has 6 heavy (non-hydrogen) atoms. The first kappa shape index (κ1) is 10.1. The minimum absolute atomic E-state index is 0. The molecular weight excluding hydrogens is 208 g/mol. The first-order valence-electron chi connectivity index (χ1n) is 0.632. The maximum atomic E-state index is 8.69. The van der Waals surface area contributed by atoms with Gasteiger partial charge in [-0.15, -0.1) is 0 Å². The molecule has 0 saturated heterocycles. The smallest absolute Gasteiger partial charge is 0 e. The number of hydrogen-bond acceptors (Lipinski definition) is 3. The molecule has 1 N–H and O–H groups in total. The van der Waals surface area contributed by atoms with Gasteiger partial charge in [-0.05, 0) is 0 Å². The van der Waals surface area contributed by atoms with E-state index < -0.39 is 13.0 Å². The third-order valence-corrected chi connectivity index (χ3v) is 0. The Labute approximate surface area is 61.0 Å². The Morgan fingerprint density at radius 2 is 1.17 bits per heavy atom. The summed E-state index contributed by atoms with van der Waals surface area (Å²) in [4.78, 5) is 0. The van der Waals surface area contributed by atoms with E-state index in [-0.39, 0.29) is 32.7 Å². The summed E-state index contributed by atoms with van der Waals surface area (Å²) in [7, 11) is 0. The van der Waals surface area contributed by atoms with Crippen LogP contribution in [0.25, 0.3) is 0 Å². The minimum Gasteiger partial charge on any atom is 0 e. The summed E-state index contributed by atoms with van der Waals surface area (Å²) in [5.41, 5.74) is 0. The molecule has 4 nitrogen and oxygen atoms in total. The second-order valence-corrected chi connectivity index (χ2v) is 1.63. The van der Waals surface area contributed by atoms with Crippen LogP contribution in [-0.4, -0.2) is 4.19 Å². The van der Waals surface area contributed by atoms with Crippen LogP contribution in [0.1, 0.15) is 0 Å². The largest absolute Gasteiger partial charge is 0 e. The quantitative estimate of drug-likeness (QED) is 0.523. The molecule has 0 bridgehead atoms. The van der Waals surface area contributed by atoms with Gasteiger partial charge in [-0.3, -0.25) is 0 Å². The molecular formula is HMnO4Y. The van der Waals surface area contributed by atoms with Crippen LogP contribution in [0.15, 0.2) is 0 Å². The van der Waals surface area contributed by atoms with Crippen LogP contribution in [0.4, 0.5) is 0 Å². The van der Waals surface area contributed by atoms with Crippen LogP contribution in [-0.2, 0) is 57.2 Å². The Bertz CT molecular complexity index is 129. The van der Waals surface area contributed by atoms with Gasteiger partial charge in [-0.25, -0.2) is 0 Å². The zero-order chi connectivity index (χ0) is 4.50. The molecule has 0 rings (SSSR count). The summed E-state index contributed by atoms with van der Waals surface area (Å²) in [5, 5.41) is 0. The molecule has 0 spiro atoms. The van der Waals surface area contributed by atoms with E-state index in [0.29, 0.717) is 0 Å². The fourth-order valence-electron chi connectivity index (χ4n) is 0. The molecule has 0 amide bonds. The van der Waals surface area contributed by atoms with Gasteiger partial charge < -0.3 is 0 Å². The summed E-state index contributed by atoms with van der Waals surface area (Å²) in [5.74, 6) is 0. The van der Waals surface area contributed by atoms with E-state index in [1.165, 1.54) is 0 Å². The molecule has 0 saturated carbocycles.